The molecule has 1 aromatic heterocycles. The average molecular weight is 343 g/mol. The summed E-state index contributed by atoms with van der Waals surface area (Å²) < 4.78 is 13.7. The predicted octanol–water partition coefficient (Wildman–Crippen LogP) is 4.77. The quantitative estimate of drug-likeness (QED) is 0.846. The minimum absolute atomic E-state index is 0.244. The van der Waals surface area contributed by atoms with Crippen molar-refractivity contribution < 1.29 is 4.39 Å². The van der Waals surface area contributed by atoms with E-state index in [1.165, 1.54) is 6.07 Å². The summed E-state index contributed by atoms with van der Waals surface area (Å²) in [6.07, 6.45) is 1.10. The minimum Gasteiger partial charge on any atom is -0.309 e. The van der Waals surface area contributed by atoms with Gasteiger partial charge in [0.25, 0.3) is 0 Å². The first kappa shape index (κ1) is 14.6. The van der Waals surface area contributed by atoms with Gasteiger partial charge in [0.2, 0.25) is 0 Å². The molecule has 1 unspecified atom stereocenters. The van der Waals surface area contributed by atoms with Crippen molar-refractivity contribution in [2.75, 3.05) is 6.54 Å². The second-order valence-corrected chi connectivity index (χ2v) is 6.09. The van der Waals surface area contributed by atoms with Crippen LogP contribution < -0.4 is 5.32 Å². The molecule has 0 bridgehead atoms. The van der Waals surface area contributed by atoms with E-state index in [1.807, 2.05) is 0 Å². The Kier molecular flexibility index (Phi) is 5.07. The Hall–Kier alpha value is -0.780. The van der Waals surface area contributed by atoms with Gasteiger partial charge in [-0.05, 0) is 54.0 Å². The van der Waals surface area contributed by atoms with Crippen LogP contribution in [0.2, 0.25) is 0 Å². The fourth-order valence-corrected chi connectivity index (χ4v) is 3.00. The molecular weight excluding hydrogens is 327 g/mol. The van der Waals surface area contributed by atoms with E-state index in [1.54, 1.807) is 23.5 Å². The number of rotatable bonds is 5. The van der Waals surface area contributed by atoms with Gasteiger partial charge in [0, 0.05) is 17.0 Å². The highest BCUT2D eigenvalue weighted by Crippen LogP contribution is 2.29. The maximum Gasteiger partial charge on any atom is 0.137 e. The van der Waals surface area contributed by atoms with E-state index in [-0.39, 0.29) is 11.9 Å². The predicted molar refractivity (Wildman–Crippen MR) is 81.9 cm³/mol. The maximum absolute atomic E-state index is 13.2. The molecule has 0 spiro atoms. The van der Waals surface area contributed by atoms with Crippen LogP contribution in [0.1, 0.15) is 32.0 Å². The second-order valence-electron chi connectivity index (χ2n) is 4.38. The van der Waals surface area contributed by atoms with E-state index in [0.717, 1.165) is 29.2 Å². The molecule has 2 nitrogen and oxygen atoms in total. The maximum atomic E-state index is 13.2. The fraction of sp³-hybridized carbons (Fsp3) is 0.357. The Morgan fingerprint density at radius 1 is 1.47 bits per heavy atom. The lowest BCUT2D eigenvalue weighted by Crippen LogP contribution is -2.19. The zero-order chi connectivity index (χ0) is 13.8. The number of benzene rings is 1. The van der Waals surface area contributed by atoms with Gasteiger partial charge in [-0.2, -0.15) is 0 Å². The van der Waals surface area contributed by atoms with Gasteiger partial charge < -0.3 is 5.32 Å². The van der Waals surface area contributed by atoms with Crippen LogP contribution in [0, 0.1) is 5.82 Å². The molecule has 19 heavy (non-hydrogen) atoms. The topological polar surface area (TPSA) is 24.9 Å². The summed E-state index contributed by atoms with van der Waals surface area (Å²) in [5, 5.41) is 6.38. The van der Waals surface area contributed by atoms with Crippen LogP contribution in [0.3, 0.4) is 0 Å². The van der Waals surface area contributed by atoms with Crippen LogP contribution in [-0.2, 0) is 0 Å². The molecule has 2 rings (SSSR count). The van der Waals surface area contributed by atoms with Crippen molar-refractivity contribution in [3.8, 4) is 10.6 Å². The average Bonchev–Trinajstić information content (AvgIpc) is 2.89. The van der Waals surface area contributed by atoms with Gasteiger partial charge >= 0.3 is 0 Å². The Bertz CT molecular complexity index is 556. The molecule has 1 N–H and O–H groups in total. The standard InChI is InChI=1S/C14H16BrFN2S/c1-3-6-17-9(2)13-8-19-14(18-13)10-4-5-12(16)11(15)7-10/h4-5,7-9,17H,3,6H2,1-2H3. The molecule has 0 amide bonds. The SMILES string of the molecule is CCCNC(C)c1csc(-c2ccc(F)c(Br)c2)n1. The summed E-state index contributed by atoms with van der Waals surface area (Å²) in [4.78, 5) is 4.62. The first-order chi connectivity index (χ1) is 9.11. The van der Waals surface area contributed by atoms with Gasteiger partial charge in [-0.1, -0.05) is 6.92 Å². The largest absolute Gasteiger partial charge is 0.309 e. The summed E-state index contributed by atoms with van der Waals surface area (Å²) in [5.41, 5.74) is 1.97. The zero-order valence-corrected chi connectivity index (χ0v) is 13.3. The fourth-order valence-electron chi connectivity index (χ4n) is 1.71. The Balaban J connectivity index is 2.18. The molecule has 0 aliphatic carbocycles. The molecule has 2 aromatic rings. The zero-order valence-electron chi connectivity index (χ0n) is 10.9. The van der Waals surface area contributed by atoms with Crippen molar-refractivity contribution in [2.24, 2.45) is 0 Å². The number of nitrogens with one attached hydrogen (secondary N) is 1. The molecule has 5 heteroatoms. The number of nitrogens with zero attached hydrogens (tertiary/aromatic N) is 1. The third-order valence-corrected chi connectivity index (χ3v) is 4.35. The monoisotopic (exact) mass is 342 g/mol. The van der Waals surface area contributed by atoms with Crippen molar-refractivity contribution in [3.05, 3.63) is 39.6 Å². The van der Waals surface area contributed by atoms with Crippen molar-refractivity contribution >= 4 is 27.3 Å². The highest BCUT2D eigenvalue weighted by Gasteiger charge is 2.11. The Morgan fingerprint density at radius 2 is 2.26 bits per heavy atom. The van der Waals surface area contributed by atoms with Crippen molar-refractivity contribution in [1.29, 1.82) is 0 Å². The number of hydrogen-bond acceptors (Lipinski definition) is 3. The molecule has 0 aliphatic heterocycles. The summed E-state index contributed by atoms with van der Waals surface area (Å²) >= 11 is 4.79. The minimum atomic E-state index is -0.251. The first-order valence-electron chi connectivity index (χ1n) is 6.26. The van der Waals surface area contributed by atoms with E-state index in [9.17, 15) is 4.39 Å². The number of thiazole rings is 1. The smallest absolute Gasteiger partial charge is 0.137 e. The van der Waals surface area contributed by atoms with Gasteiger partial charge in [-0.3, -0.25) is 0 Å². The lowest BCUT2D eigenvalue weighted by Gasteiger charge is -2.09. The van der Waals surface area contributed by atoms with Gasteiger partial charge in [-0.15, -0.1) is 11.3 Å². The Morgan fingerprint density at radius 3 is 2.95 bits per heavy atom. The van der Waals surface area contributed by atoms with Gasteiger partial charge in [0.1, 0.15) is 10.8 Å². The summed E-state index contributed by atoms with van der Waals surface area (Å²) in [5.74, 6) is -0.251. The van der Waals surface area contributed by atoms with Crippen LogP contribution in [-0.4, -0.2) is 11.5 Å². The van der Waals surface area contributed by atoms with Crippen molar-refractivity contribution in [1.82, 2.24) is 10.3 Å². The van der Waals surface area contributed by atoms with E-state index in [4.69, 9.17) is 0 Å². The van der Waals surface area contributed by atoms with Gasteiger partial charge in [-0.25, -0.2) is 9.37 Å². The molecular formula is C14H16BrFN2S. The molecule has 0 radical (unpaired) electrons. The van der Waals surface area contributed by atoms with Crippen molar-refractivity contribution in [2.45, 2.75) is 26.3 Å². The van der Waals surface area contributed by atoms with Crippen LogP contribution in [0.25, 0.3) is 10.6 Å². The number of hydrogen-bond donors (Lipinski definition) is 1. The molecule has 1 heterocycles. The molecule has 1 atom stereocenters. The summed E-state index contributed by atoms with van der Waals surface area (Å²) in [7, 11) is 0. The van der Waals surface area contributed by atoms with E-state index in [2.05, 4.69) is 45.5 Å². The molecule has 0 fully saturated rings. The van der Waals surface area contributed by atoms with Gasteiger partial charge in [0.05, 0.1) is 10.2 Å². The van der Waals surface area contributed by atoms with E-state index < -0.39 is 0 Å². The highest BCUT2D eigenvalue weighted by molar-refractivity contribution is 9.10. The van der Waals surface area contributed by atoms with E-state index >= 15 is 0 Å². The second kappa shape index (κ2) is 6.59. The summed E-state index contributed by atoms with van der Waals surface area (Å²) in [6, 6.07) is 5.22. The van der Waals surface area contributed by atoms with Crippen LogP contribution in [0.5, 0.6) is 0 Å². The first-order valence-corrected chi connectivity index (χ1v) is 7.93. The lowest BCUT2D eigenvalue weighted by atomic mass is 10.2. The molecule has 0 saturated heterocycles. The molecule has 0 saturated carbocycles. The Labute approximate surface area is 125 Å². The highest BCUT2D eigenvalue weighted by atomic mass is 79.9. The molecule has 1 aromatic carbocycles. The number of aromatic nitrogens is 1. The molecule has 0 aliphatic rings. The third-order valence-electron chi connectivity index (χ3n) is 2.83. The van der Waals surface area contributed by atoms with Gasteiger partial charge in [0.15, 0.2) is 0 Å². The third kappa shape index (κ3) is 3.61. The summed E-state index contributed by atoms with van der Waals surface area (Å²) in [6.45, 7) is 5.23. The normalized spacial score (nSPS) is 12.6. The number of halogens is 2. The molecule has 102 valence electrons. The van der Waals surface area contributed by atoms with E-state index in [0.29, 0.717) is 4.47 Å². The van der Waals surface area contributed by atoms with Crippen LogP contribution in [0.15, 0.2) is 28.1 Å². The van der Waals surface area contributed by atoms with Crippen LogP contribution in [0.4, 0.5) is 4.39 Å². The lowest BCUT2D eigenvalue weighted by molar-refractivity contribution is 0.561. The van der Waals surface area contributed by atoms with Crippen LogP contribution >= 0.6 is 27.3 Å². The van der Waals surface area contributed by atoms with Crippen molar-refractivity contribution in [3.63, 3.8) is 0 Å².